The molecule has 6 nitrogen and oxygen atoms in total. The van der Waals surface area contributed by atoms with E-state index in [9.17, 15) is 4.57 Å². The summed E-state index contributed by atoms with van der Waals surface area (Å²) in [5, 5.41) is 0. The third-order valence-electron chi connectivity index (χ3n) is 3.49. The van der Waals surface area contributed by atoms with Gasteiger partial charge in [-0.25, -0.2) is 4.57 Å². The van der Waals surface area contributed by atoms with E-state index >= 15 is 0 Å². The van der Waals surface area contributed by atoms with Gasteiger partial charge in [0.1, 0.15) is 0 Å². The Bertz CT molecular complexity index is 645. The maximum absolute atomic E-state index is 12.7. The minimum absolute atomic E-state index is 0.208. The second-order valence-electron chi connectivity index (χ2n) is 5.93. The summed E-state index contributed by atoms with van der Waals surface area (Å²) in [5.74, 6) is 0.763. The Morgan fingerprint density at radius 2 is 1.23 bits per heavy atom. The topological polar surface area (TPSA) is 63.2 Å². The van der Waals surface area contributed by atoms with Crippen molar-refractivity contribution in [1.82, 2.24) is 0 Å². The van der Waals surface area contributed by atoms with E-state index in [1.807, 2.05) is 38.1 Å². The van der Waals surface area contributed by atoms with Crippen molar-refractivity contribution in [3.8, 4) is 11.5 Å². The Balaban J connectivity index is 1.96. The van der Waals surface area contributed by atoms with E-state index in [-0.39, 0.29) is 6.61 Å². The molecule has 7 heteroatoms. The van der Waals surface area contributed by atoms with Crippen LogP contribution in [0.15, 0.2) is 48.5 Å². The Labute approximate surface area is 154 Å². The smallest absolute Gasteiger partial charge is 0.327 e. The minimum atomic E-state index is -4.06. The molecule has 0 atom stereocenters. The first-order chi connectivity index (χ1) is 12.5. The van der Waals surface area contributed by atoms with Gasteiger partial charge in [-0.2, -0.15) is 0 Å². The molecule has 0 amide bonds. The van der Waals surface area contributed by atoms with Crippen LogP contribution in [0.25, 0.3) is 0 Å². The average Bonchev–Trinajstić information content (AvgIpc) is 2.65. The van der Waals surface area contributed by atoms with Gasteiger partial charge in [0.2, 0.25) is 0 Å². The molecule has 142 valence electrons. The Morgan fingerprint density at radius 1 is 0.769 bits per heavy atom. The molecular weight excluding hydrogens is 355 g/mol. The number of hydrogen-bond acceptors (Lipinski definition) is 6. The molecule has 0 N–H and O–H groups in total. The van der Waals surface area contributed by atoms with Crippen molar-refractivity contribution in [3.63, 3.8) is 0 Å². The zero-order valence-electron chi connectivity index (χ0n) is 15.3. The first kappa shape index (κ1) is 20.5. The Hall–Kier alpha value is -1.85. The van der Waals surface area contributed by atoms with Crippen LogP contribution < -0.4 is 9.78 Å². The maximum atomic E-state index is 12.7. The van der Waals surface area contributed by atoms with Crippen molar-refractivity contribution < 1.29 is 28.2 Å². The zero-order valence-corrected chi connectivity index (χ0v) is 16.2. The molecule has 0 bridgehead atoms. The normalized spacial score (nSPS) is 11.3. The molecule has 0 aromatic heterocycles. The summed E-state index contributed by atoms with van der Waals surface area (Å²) >= 11 is 0. The monoisotopic (exact) mass is 380 g/mol. The molecule has 2 aromatic rings. The summed E-state index contributed by atoms with van der Waals surface area (Å²) < 4.78 is 28.0. The van der Waals surface area contributed by atoms with Crippen molar-refractivity contribution in [3.05, 3.63) is 59.7 Å². The molecule has 0 aliphatic carbocycles. The first-order valence-corrected chi connectivity index (χ1v) is 10.1. The van der Waals surface area contributed by atoms with Gasteiger partial charge in [0.05, 0.1) is 6.61 Å². The number of aryl methyl sites for hydroxylation is 2. The molecule has 2 aromatic carbocycles. The summed E-state index contributed by atoms with van der Waals surface area (Å²) in [5.41, 5.74) is 2.13. The Kier molecular flexibility index (Phi) is 8.13. The second-order valence-corrected chi connectivity index (χ2v) is 7.38. The quantitative estimate of drug-likeness (QED) is 0.208. The Morgan fingerprint density at radius 3 is 1.65 bits per heavy atom. The highest BCUT2D eigenvalue weighted by Crippen LogP contribution is 2.50. The molecule has 26 heavy (non-hydrogen) atoms. The fraction of sp³-hybridized carbons (Fsp3) is 0.368. The molecule has 0 fully saturated rings. The van der Waals surface area contributed by atoms with E-state index in [1.54, 1.807) is 24.3 Å². The predicted molar refractivity (Wildman–Crippen MR) is 98.9 cm³/mol. The third-order valence-corrected chi connectivity index (χ3v) is 4.50. The summed E-state index contributed by atoms with van der Waals surface area (Å²) in [7, 11) is -4.06. The highest BCUT2D eigenvalue weighted by Gasteiger charge is 2.32. The number of phosphoric acid groups is 1. The lowest BCUT2D eigenvalue weighted by Gasteiger charge is -2.16. The number of hydrogen-bond donors (Lipinski definition) is 0. The highest BCUT2D eigenvalue weighted by atomic mass is 31.2. The van der Waals surface area contributed by atoms with E-state index < -0.39 is 7.82 Å². The minimum Gasteiger partial charge on any atom is -0.327 e. The summed E-state index contributed by atoms with van der Waals surface area (Å²) in [4.78, 5) is 10.2. The van der Waals surface area contributed by atoms with Gasteiger partial charge in [-0.05, 0) is 44.5 Å². The summed E-state index contributed by atoms with van der Waals surface area (Å²) in [6.07, 6.45) is 2.68. The molecule has 2 rings (SSSR count). The van der Waals surface area contributed by atoms with E-state index in [0.717, 1.165) is 30.4 Å². The van der Waals surface area contributed by atoms with E-state index in [2.05, 4.69) is 6.92 Å². The van der Waals surface area contributed by atoms with Gasteiger partial charge >= 0.3 is 7.82 Å². The fourth-order valence-corrected chi connectivity index (χ4v) is 2.77. The van der Waals surface area contributed by atoms with Crippen molar-refractivity contribution in [2.24, 2.45) is 0 Å². The number of rotatable bonds is 11. The average molecular weight is 380 g/mol. The molecule has 0 saturated heterocycles. The molecule has 0 spiro atoms. The van der Waals surface area contributed by atoms with Crippen molar-refractivity contribution in [2.45, 2.75) is 40.0 Å². The van der Waals surface area contributed by atoms with Gasteiger partial charge in [0.25, 0.3) is 0 Å². The fourth-order valence-electron chi connectivity index (χ4n) is 1.95. The molecular formula is C19H25O6P. The lowest BCUT2D eigenvalue weighted by molar-refractivity contribution is -0.192. The van der Waals surface area contributed by atoms with Gasteiger partial charge in [-0.1, -0.05) is 64.5 Å². The predicted octanol–water partition coefficient (Wildman–Crippen LogP) is 5.94. The standard InChI is InChI=1S/C19H25O6P/c1-4-5-6-15-21-26(20,24-22-18-11-7-16(2)8-12-18)25-23-19-13-9-17(3)10-14-19/h7-14H,4-6,15H2,1-3H3. The van der Waals surface area contributed by atoms with Crippen LogP contribution in [0, 0.1) is 13.8 Å². The highest BCUT2D eigenvalue weighted by molar-refractivity contribution is 7.48. The van der Waals surface area contributed by atoms with Crippen LogP contribution in [0.5, 0.6) is 11.5 Å². The van der Waals surface area contributed by atoms with Gasteiger partial charge in [-0.3, -0.25) is 4.52 Å². The second kappa shape index (κ2) is 10.3. The van der Waals surface area contributed by atoms with Crippen LogP contribution in [-0.4, -0.2) is 6.61 Å². The maximum Gasteiger partial charge on any atom is 0.547 e. The van der Waals surface area contributed by atoms with Crippen molar-refractivity contribution in [2.75, 3.05) is 6.61 Å². The molecule has 0 radical (unpaired) electrons. The van der Waals surface area contributed by atoms with E-state index in [1.165, 1.54) is 0 Å². The van der Waals surface area contributed by atoms with E-state index in [4.69, 9.17) is 23.6 Å². The first-order valence-electron chi connectivity index (χ1n) is 8.61. The van der Waals surface area contributed by atoms with Gasteiger partial charge in [-0.15, -0.1) is 0 Å². The summed E-state index contributed by atoms with van der Waals surface area (Å²) in [6, 6.07) is 14.1. The molecule has 0 saturated carbocycles. The van der Waals surface area contributed by atoms with Crippen LogP contribution in [0.4, 0.5) is 0 Å². The SMILES string of the molecule is CCCCCOP(=O)(OOc1ccc(C)cc1)OOc1ccc(C)cc1. The lowest BCUT2D eigenvalue weighted by Crippen LogP contribution is -2.06. The van der Waals surface area contributed by atoms with Crippen molar-refractivity contribution >= 4 is 7.82 Å². The molecule has 0 heterocycles. The van der Waals surface area contributed by atoms with Gasteiger partial charge in [0, 0.05) is 0 Å². The number of benzene rings is 2. The zero-order chi connectivity index (χ0) is 18.8. The molecule has 0 unspecified atom stereocenters. The van der Waals surface area contributed by atoms with Crippen LogP contribution in [0.1, 0.15) is 37.3 Å². The van der Waals surface area contributed by atoms with Crippen LogP contribution in [0.2, 0.25) is 0 Å². The number of unbranched alkanes of at least 4 members (excludes halogenated alkanes) is 2. The van der Waals surface area contributed by atoms with Crippen LogP contribution in [0.3, 0.4) is 0 Å². The molecule has 0 aliphatic heterocycles. The van der Waals surface area contributed by atoms with Crippen LogP contribution >= 0.6 is 7.82 Å². The lowest BCUT2D eigenvalue weighted by atomic mass is 10.2. The van der Waals surface area contributed by atoms with Gasteiger partial charge in [0.15, 0.2) is 11.5 Å². The van der Waals surface area contributed by atoms with E-state index in [0.29, 0.717) is 11.5 Å². The van der Waals surface area contributed by atoms with Crippen molar-refractivity contribution in [1.29, 1.82) is 0 Å². The van der Waals surface area contributed by atoms with Crippen LogP contribution in [-0.2, 0) is 18.4 Å². The summed E-state index contributed by atoms with van der Waals surface area (Å²) in [6.45, 7) is 6.17. The third kappa shape index (κ3) is 7.18. The largest absolute Gasteiger partial charge is 0.547 e. The molecule has 0 aliphatic rings. The van der Waals surface area contributed by atoms with Gasteiger partial charge < -0.3 is 9.78 Å².